The van der Waals surface area contributed by atoms with Gasteiger partial charge in [0, 0.05) is 30.4 Å². The summed E-state index contributed by atoms with van der Waals surface area (Å²) in [5.74, 6) is 1.85. The minimum atomic E-state index is -0.0464. The second-order valence-corrected chi connectivity index (χ2v) is 6.68. The molecule has 142 valence electrons. The van der Waals surface area contributed by atoms with E-state index in [9.17, 15) is 4.79 Å². The third-order valence-electron chi connectivity index (χ3n) is 4.73. The van der Waals surface area contributed by atoms with E-state index in [0.29, 0.717) is 17.3 Å². The van der Waals surface area contributed by atoms with Crippen LogP contribution in [0.3, 0.4) is 0 Å². The molecule has 0 aliphatic carbocycles. The van der Waals surface area contributed by atoms with E-state index in [-0.39, 0.29) is 5.91 Å². The first kappa shape index (κ1) is 18.0. The van der Waals surface area contributed by atoms with Crippen molar-refractivity contribution in [3.8, 4) is 17.1 Å². The number of likely N-dealkylation sites (tertiary alicyclic amines) is 1. The summed E-state index contributed by atoms with van der Waals surface area (Å²) < 4.78 is 5.20. The van der Waals surface area contributed by atoms with Gasteiger partial charge in [-0.15, -0.1) is 0 Å². The first-order chi connectivity index (χ1) is 13.7. The number of rotatable bonds is 5. The van der Waals surface area contributed by atoms with Crippen LogP contribution in [0.25, 0.3) is 11.4 Å². The molecule has 1 aliphatic heterocycles. The second-order valence-electron chi connectivity index (χ2n) is 6.68. The Morgan fingerprint density at radius 2 is 1.71 bits per heavy atom. The molecule has 0 bridgehead atoms. The summed E-state index contributed by atoms with van der Waals surface area (Å²) in [6.07, 6.45) is 2.08. The van der Waals surface area contributed by atoms with Crippen molar-refractivity contribution in [2.75, 3.05) is 25.5 Å². The molecule has 1 amide bonds. The number of nitrogens with one attached hydrogen (secondary N) is 1. The van der Waals surface area contributed by atoms with Crippen molar-refractivity contribution in [3.05, 3.63) is 66.4 Å². The molecular weight excluding hydrogens is 352 g/mol. The van der Waals surface area contributed by atoms with E-state index in [1.807, 2.05) is 59.5 Å². The van der Waals surface area contributed by atoms with Gasteiger partial charge in [0.1, 0.15) is 17.3 Å². The van der Waals surface area contributed by atoms with Gasteiger partial charge in [-0.05, 0) is 37.1 Å². The van der Waals surface area contributed by atoms with Crippen molar-refractivity contribution < 1.29 is 9.53 Å². The molecule has 1 N–H and O–H groups in total. The van der Waals surface area contributed by atoms with Crippen molar-refractivity contribution in [2.45, 2.75) is 12.8 Å². The first-order valence-electron chi connectivity index (χ1n) is 9.38. The molecule has 0 spiro atoms. The quantitative estimate of drug-likeness (QED) is 0.727. The van der Waals surface area contributed by atoms with Crippen LogP contribution in [0, 0.1) is 0 Å². The summed E-state index contributed by atoms with van der Waals surface area (Å²) >= 11 is 0. The van der Waals surface area contributed by atoms with E-state index in [1.165, 1.54) is 0 Å². The van der Waals surface area contributed by atoms with Crippen LogP contribution in [-0.2, 0) is 0 Å². The normalized spacial score (nSPS) is 13.4. The van der Waals surface area contributed by atoms with Gasteiger partial charge >= 0.3 is 0 Å². The number of hydrogen-bond acceptors (Lipinski definition) is 5. The lowest BCUT2D eigenvalue weighted by atomic mass is 10.2. The van der Waals surface area contributed by atoms with Crippen LogP contribution in [0.1, 0.15) is 23.3 Å². The van der Waals surface area contributed by atoms with Crippen molar-refractivity contribution in [1.29, 1.82) is 0 Å². The summed E-state index contributed by atoms with van der Waals surface area (Å²) in [6.45, 7) is 1.56. The maximum Gasteiger partial charge on any atom is 0.272 e. The zero-order chi connectivity index (χ0) is 19.3. The maximum atomic E-state index is 12.9. The van der Waals surface area contributed by atoms with Crippen LogP contribution in [0.5, 0.6) is 5.75 Å². The Morgan fingerprint density at radius 3 is 2.39 bits per heavy atom. The molecule has 1 fully saturated rings. The number of hydrogen-bond donors (Lipinski definition) is 1. The number of carbonyl (C=O) groups excluding carboxylic acids is 1. The Bertz CT molecular complexity index is 952. The molecule has 28 heavy (non-hydrogen) atoms. The predicted molar refractivity (Wildman–Crippen MR) is 109 cm³/mol. The zero-order valence-electron chi connectivity index (χ0n) is 15.8. The predicted octanol–water partition coefficient (Wildman–Crippen LogP) is 4.13. The van der Waals surface area contributed by atoms with Gasteiger partial charge in [-0.25, -0.2) is 9.97 Å². The third kappa shape index (κ3) is 3.96. The largest absolute Gasteiger partial charge is 0.497 e. The van der Waals surface area contributed by atoms with Gasteiger partial charge in [-0.3, -0.25) is 4.79 Å². The van der Waals surface area contributed by atoms with E-state index in [0.717, 1.165) is 42.9 Å². The van der Waals surface area contributed by atoms with E-state index in [1.54, 1.807) is 13.2 Å². The summed E-state index contributed by atoms with van der Waals surface area (Å²) in [7, 11) is 1.63. The highest BCUT2D eigenvalue weighted by Crippen LogP contribution is 2.23. The zero-order valence-corrected chi connectivity index (χ0v) is 15.8. The number of aromatic nitrogens is 2. The molecule has 6 nitrogen and oxygen atoms in total. The van der Waals surface area contributed by atoms with Crippen LogP contribution < -0.4 is 10.1 Å². The fourth-order valence-electron chi connectivity index (χ4n) is 3.24. The second kappa shape index (κ2) is 8.08. The van der Waals surface area contributed by atoms with E-state index in [2.05, 4.69) is 15.3 Å². The van der Waals surface area contributed by atoms with Gasteiger partial charge in [0.15, 0.2) is 5.82 Å². The topological polar surface area (TPSA) is 67.3 Å². The Labute approximate surface area is 164 Å². The fraction of sp³-hybridized carbons (Fsp3) is 0.227. The summed E-state index contributed by atoms with van der Waals surface area (Å²) in [4.78, 5) is 23.9. The fourth-order valence-corrected chi connectivity index (χ4v) is 3.24. The number of anilines is 2. The van der Waals surface area contributed by atoms with Gasteiger partial charge in [-0.1, -0.05) is 30.3 Å². The van der Waals surface area contributed by atoms with Gasteiger partial charge in [-0.2, -0.15) is 0 Å². The molecule has 2 aromatic carbocycles. The highest BCUT2D eigenvalue weighted by atomic mass is 16.5. The number of ether oxygens (including phenoxy) is 1. The molecule has 6 heteroatoms. The third-order valence-corrected chi connectivity index (χ3v) is 4.73. The molecule has 1 aromatic heterocycles. The van der Waals surface area contributed by atoms with Crippen molar-refractivity contribution in [3.63, 3.8) is 0 Å². The minimum Gasteiger partial charge on any atom is -0.497 e. The average molecular weight is 374 g/mol. The number of methoxy groups -OCH3 is 1. The van der Waals surface area contributed by atoms with Crippen LogP contribution >= 0.6 is 0 Å². The summed E-state index contributed by atoms with van der Waals surface area (Å²) in [5, 5.41) is 3.27. The summed E-state index contributed by atoms with van der Waals surface area (Å²) in [6, 6.07) is 19.0. The maximum absolute atomic E-state index is 12.9. The molecule has 0 atom stereocenters. The number of nitrogens with zero attached hydrogens (tertiary/aromatic N) is 3. The number of amides is 1. The van der Waals surface area contributed by atoms with Gasteiger partial charge < -0.3 is 15.0 Å². The van der Waals surface area contributed by atoms with Crippen molar-refractivity contribution >= 4 is 17.4 Å². The molecule has 1 saturated heterocycles. The van der Waals surface area contributed by atoms with Crippen LogP contribution in [0.2, 0.25) is 0 Å². The molecule has 0 saturated carbocycles. The molecular formula is C22H22N4O2. The lowest BCUT2D eigenvalue weighted by molar-refractivity contribution is 0.0787. The Hall–Kier alpha value is -3.41. The first-order valence-corrected chi connectivity index (χ1v) is 9.38. The van der Waals surface area contributed by atoms with Gasteiger partial charge in [0.2, 0.25) is 0 Å². The van der Waals surface area contributed by atoms with Crippen LogP contribution in [0.4, 0.5) is 11.5 Å². The highest BCUT2D eigenvalue weighted by molar-refractivity contribution is 5.93. The molecule has 0 unspecified atom stereocenters. The lowest BCUT2D eigenvalue weighted by Crippen LogP contribution is -2.28. The Kier molecular flexibility index (Phi) is 5.19. The van der Waals surface area contributed by atoms with Crippen LogP contribution in [-0.4, -0.2) is 41.0 Å². The lowest BCUT2D eigenvalue weighted by Gasteiger charge is -2.16. The van der Waals surface area contributed by atoms with Crippen LogP contribution in [0.15, 0.2) is 60.7 Å². The SMILES string of the molecule is COc1ccc(Nc2cc(C(=O)N3CCCC3)nc(-c3ccccc3)n2)cc1. The Balaban J connectivity index is 1.69. The monoisotopic (exact) mass is 374 g/mol. The number of carbonyl (C=O) groups is 1. The smallest absolute Gasteiger partial charge is 0.272 e. The van der Waals surface area contributed by atoms with E-state index in [4.69, 9.17) is 4.74 Å². The summed E-state index contributed by atoms with van der Waals surface area (Å²) in [5.41, 5.74) is 2.14. The number of benzene rings is 2. The molecule has 2 heterocycles. The van der Waals surface area contributed by atoms with Gasteiger partial charge in [0.05, 0.1) is 7.11 Å². The molecule has 3 aromatic rings. The van der Waals surface area contributed by atoms with Crippen molar-refractivity contribution in [1.82, 2.24) is 14.9 Å². The van der Waals surface area contributed by atoms with E-state index >= 15 is 0 Å². The average Bonchev–Trinajstić information content (AvgIpc) is 3.29. The Morgan fingerprint density at radius 1 is 1.00 bits per heavy atom. The standard InChI is InChI=1S/C22H22N4O2/c1-28-18-11-9-17(10-12-18)23-20-15-19(22(27)26-13-5-6-14-26)24-21(25-20)16-7-3-2-4-8-16/h2-4,7-12,15H,5-6,13-14H2,1H3,(H,23,24,25). The molecule has 4 rings (SSSR count). The van der Waals surface area contributed by atoms with Crippen molar-refractivity contribution in [2.24, 2.45) is 0 Å². The minimum absolute atomic E-state index is 0.0464. The molecule has 1 aliphatic rings. The highest BCUT2D eigenvalue weighted by Gasteiger charge is 2.22. The van der Waals surface area contributed by atoms with Gasteiger partial charge in [0.25, 0.3) is 5.91 Å². The molecule has 0 radical (unpaired) electrons. The van der Waals surface area contributed by atoms with E-state index < -0.39 is 0 Å².